The molecule has 34 heavy (non-hydrogen) atoms. The number of carbonyl (C=O) groups is 1. The van der Waals surface area contributed by atoms with Gasteiger partial charge in [0.2, 0.25) is 11.8 Å². The van der Waals surface area contributed by atoms with Gasteiger partial charge in [-0.3, -0.25) is 0 Å². The lowest BCUT2D eigenvalue weighted by Crippen LogP contribution is -2.27. The van der Waals surface area contributed by atoms with Crippen molar-refractivity contribution in [3.05, 3.63) is 118 Å². The minimum absolute atomic E-state index is 0.0457. The Balaban J connectivity index is 1.88. The van der Waals surface area contributed by atoms with Gasteiger partial charge in [-0.05, 0) is 31.1 Å². The Morgan fingerprint density at radius 1 is 1.00 bits per heavy atom. The van der Waals surface area contributed by atoms with E-state index in [0.29, 0.717) is 17.1 Å². The van der Waals surface area contributed by atoms with Crippen LogP contribution in [0.1, 0.15) is 36.8 Å². The molecule has 2 unspecified atom stereocenters. The van der Waals surface area contributed by atoms with Crippen LogP contribution in [0.15, 0.2) is 107 Å². The van der Waals surface area contributed by atoms with Crippen molar-refractivity contribution in [1.29, 1.82) is 5.26 Å². The van der Waals surface area contributed by atoms with Crippen LogP contribution < -0.4 is 11.5 Å². The summed E-state index contributed by atoms with van der Waals surface area (Å²) in [7, 11) is 0. The van der Waals surface area contributed by atoms with E-state index in [9.17, 15) is 10.1 Å². The number of hydrogen-bond donors (Lipinski definition) is 2. The van der Waals surface area contributed by atoms with Gasteiger partial charge in [-0.1, -0.05) is 60.7 Å². The Labute approximate surface area is 198 Å². The standard InChI is InChI=1S/C27H25N3O4/c1-3-32-27(31)24-19(17-10-6-4-7-11-17)14-21(34-26(24)30)22-16(2)33-25(29)20(15-28)23(22)18-12-8-5-9-13-18/h4-14,19,23H,3,29-30H2,1-2H3. The zero-order valence-corrected chi connectivity index (χ0v) is 18.9. The van der Waals surface area contributed by atoms with E-state index >= 15 is 0 Å². The first-order chi connectivity index (χ1) is 16.5. The molecule has 2 aliphatic heterocycles. The van der Waals surface area contributed by atoms with Gasteiger partial charge in [0.05, 0.1) is 12.5 Å². The second-order valence-corrected chi connectivity index (χ2v) is 7.83. The van der Waals surface area contributed by atoms with Gasteiger partial charge < -0.3 is 25.7 Å². The van der Waals surface area contributed by atoms with Gasteiger partial charge in [-0.15, -0.1) is 0 Å². The van der Waals surface area contributed by atoms with Crippen molar-refractivity contribution in [3.8, 4) is 6.07 Å². The van der Waals surface area contributed by atoms with Crippen LogP contribution in [0.2, 0.25) is 0 Å². The molecular formula is C27H25N3O4. The maximum atomic E-state index is 12.8. The molecule has 7 nitrogen and oxygen atoms in total. The Hall–Kier alpha value is -4.44. The van der Waals surface area contributed by atoms with E-state index in [1.807, 2.05) is 66.7 Å². The third-order valence-corrected chi connectivity index (χ3v) is 5.77. The van der Waals surface area contributed by atoms with E-state index in [0.717, 1.165) is 11.1 Å². The van der Waals surface area contributed by atoms with Crippen LogP contribution >= 0.6 is 0 Å². The maximum absolute atomic E-state index is 12.8. The van der Waals surface area contributed by atoms with Crippen LogP contribution in [0.25, 0.3) is 0 Å². The number of benzene rings is 2. The molecule has 2 aromatic carbocycles. The number of hydrogen-bond acceptors (Lipinski definition) is 7. The highest BCUT2D eigenvalue weighted by molar-refractivity contribution is 5.91. The molecule has 0 radical (unpaired) electrons. The summed E-state index contributed by atoms with van der Waals surface area (Å²) in [5.41, 5.74) is 15.2. The first-order valence-corrected chi connectivity index (χ1v) is 10.9. The fourth-order valence-electron chi connectivity index (χ4n) is 4.28. The van der Waals surface area contributed by atoms with Crippen LogP contribution in [0, 0.1) is 11.3 Å². The first kappa shape index (κ1) is 22.7. The molecule has 2 heterocycles. The number of nitrogens with two attached hydrogens (primary N) is 2. The van der Waals surface area contributed by atoms with Crippen molar-refractivity contribution in [2.45, 2.75) is 25.7 Å². The lowest BCUT2D eigenvalue weighted by atomic mass is 9.80. The average molecular weight is 456 g/mol. The molecule has 0 saturated heterocycles. The Bertz CT molecular complexity index is 1270. The lowest BCUT2D eigenvalue weighted by Gasteiger charge is -2.32. The van der Waals surface area contributed by atoms with E-state index in [1.165, 1.54) is 0 Å². The number of allylic oxidation sites excluding steroid dienone is 4. The zero-order chi connectivity index (χ0) is 24.2. The number of nitriles is 1. The molecule has 0 amide bonds. The Kier molecular flexibility index (Phi) is 6.42. The van der Waals surface area contributed by atoms with Gasteiger partial charge in [-0.25, -0.2) is 4.79 Å². The summed E-state index contributed by atoms with van der Waals surface area (Å²) >= 11 is 0. The minimum atomic E-state index is -0.545. The van der Waals surface area contributed by atoms with E-state index in [-0.39, 0.29) is 29.5 Å². The molecule has 2 aliphatic rings. The molecule has 2 aromatic rings. The van der Waals surface area contributed by atoms with Crippen molar-refractivity contribution in [1.82, 2.24) is 0 Å². The Morgan fingerprint density at radius 3 is 2.21 bits per heavy atom. The monoisotopic (exact) mass is 455 g/mol. The molecule has 4 rings (SSSR count). The van der Waals surface area contributed by atoms with Gasteiger partial charge >= 0.3 is 5.97 Å². The summed E-state index contributed by atoms with van der Waals surface area (Å²) in [4.78, 5) is 12.8. The minimum Gasteiger partial charge on any atom is -0.462 e. The fourth-order valence-corrected chi connectivity index (χ4v) is 4.28. The van der Waals surface area contributed by atoms with Gasteiger partial charge in [0.1, 0.15) is 28.7 Å². The maximum Gasteiger partial charge on any atom is 0.340 e. The van der Waals surface area contributed by atoms with E-state index < -0.39 is 17.8 Å². The molecular weight excluding hydrogens is 430 g/mol. The quantitative estimate of drug-likeness (QED) is 0.648. The number of rotatable bonds is 5. The predicted octanol–water partition coefficient (Wildman–Crippen LogP) is 4.20. The molecule has 0 spiro atoms. The van der Waals surface area contributed by atoms with E-state index in [1.54, 1.807) is 13.8 Å². The summed E-state index contributed by atoms with van der Waals surface area (Å²) < 4.78 is 17.0. The van der Waals surface area contributed by atoms with Crippen LogP contribution in [0.3, 0.4) is 0 Å². The van der Waals surface area contributed by atoms with Gasteiger partial charge in [-0.2, -0.15) is 5.26 Å². The lowest BCUT2D eigenvalue weighted by molar-refractivity contribution is -0.139. The van der Waals surface area contributed by atoms with Gasteiger partial charge in [0.15, 0.2) is 0 Å². The van der Waals surface area contributed by atoms with Crippen molar-refractivity contribution >= 4 is 5.97 Å². The van der Waals surface area contributed by atoms with Crippen molar-refractivity contribution in [3.63, 3.8) is 0 Å². The number of ether oxygens (including phenoxy) is 3. The Morgan fingerprint density at radius 2 is 1.62 bits per heavy atom. The average Bonchev–Trinajstić information content (AvgIpc) is 2.84. The van der Waals surface area contributed by atoms with Crippen LogP contribution in [0.4, 0.5) is 0 Å². The fraction of sp³-hybridized carbons (Fsp3) is 0.185. The second kappa shape index (κ2) is 9.59. The van der Waals surface area contributed by atoms with Gasteiger partial charge in [0.25, 0.3) is 0 Å². The normalized spacial score (nSPS) is 20.2. The first-order valence-electron chi connectivity index (χ1n) is 10.9. The third-order valence-electron chi connectivity index (χ3n) is 5.77. The van der Waals surface area contributed by atoms with Crippen molar-refractivity contribution < 1.29 is 19.0 Å². The summed E-state index contributed by atoms with van der Waals surface area (Å²) in [6.07, 6.45) is 1.81. The molecule has 0 aliphatic carbocycles. The summed E-state index contributed by atoms with van der Waals surface area (Å²) in [6.45, 7) is 3.70. The number of esters is 1. The SMILES string of the molecule is CCOC(=O)C1=C(N)OC(C2=C(C)OC(N)=C(C#N)C2c2ccccc2)=CC1c1ccccc1. The van der Waals surface area contributed by atoms with Crippen LogP contribution in [-0.2, 0) is 19.0 Å². The largest absolute Gasteiger partial charge is 0.462 e. The molecule has 0 fully saturated rings. The van der Waals surface area contributed by atoms with Gasteiger partial charge in [0, 0.05) is 11.5 Å². The van der Waals surface area contributed by atoms with E-state index in [2.05, 4.69) is 6.07 Å². The molecule has 7 heteroatoms. The zero-order valence-electron chi connectivity index (χ0n) is 18.9. The highest BCUT2D eigenvalue weighted by Crippen LogP contribution is 2.46. The van der Waals surface area contributed by atoms with Crippen LogP contribution in [-0.4, -0.2) is 12.6 Å². The highest BCUT2D eigenvalue weighted by atomic mass is 16.5. The molecule has 0 saturated carbocycles. The molecule has 172 valence electrons. The summed E-state index contributed by atoms with van der Waals surface area (Å²) in [5, 5.41) is 9.91. The molecule has 4 N–H and O–H groups in total. The van der Waals surface area contributed by atoms with Crippen molar-refractivity contribution in [2.24, 2.45) is 11.5 Å². The van der Waals surface area contributed by atoms with Crippen molar-refractivity contribution in [2.75, 3.05) is 6.61 Å². The van der Waals surface area contributed by atoms with Crippen LogP contribution in [0.5, 0.6) is 0 Å². The smallest absolute Gasteiger partial charge is 0.340 e. The topological polar surface area (TPSA) is 121 Å². The molecule has 2 atom stereocenters. The molecule has 0 aromatic heterocycles. The highest BCUT2D eigenvalue weighted by Gasteiger charge is 2.38. The third kappa shape index (κ3) is 4.14. The number of carbonyl (C=O) groups excluding carboxylic acids is 1. The van der Waals surface area contributed by atoms with E-state index in [4.69, 9.17) is 25.7 Å². The summed E-state index contributed by atoms with van der Waals surface area (Å²) in [5.74, 6) is -0.727. The summed E-state index contributed by atoms with van der Waals surface area (Å²) in [6, 6.07) is 21.2. The molecule has 0 bridgehead atoms. The number of nitrogens with zero attached hydrogens (tertiary/aromatic N) is 1. The second-order valence-electron chi connectivity index (χ2n) is 7.83. The predicted molar refractivity (Wildman–Crippen MR) is 126 cm³/mol.